The number of rotatable bonds is 5. The van der Waals surface area contributed by atoms with E-state index < -0.39 is 0 Å². The topological polar surface area (TPSA) is 46.9 Å². The van der Waals surface area contributed by atoms with Gasteiger partial charge in [-0.25, -0.2) is 0 Å². The Balaban J connectivity index is 1.74. The third kappa shape index (κ3) is 4.50. The number of aromatic nitrogens is 2. The van der Waals surface area contributed by atoms with Gasteiger partial charge < -0.3 is 5.32 Å². The van der Waals surface area contributed by atoms with Crippen LogP contribution in [-0.4, -0.2) is 15.7 Å². The van der Waals surface area contributed by atoms with Crippen molar-refractivity contribution in [3.63, 3.8) is 0 Å². The Morgan fingerprint density at radius 3 is 2.54 bits per heavy atom. The summed E-state index contributed by atoms with van der Waals surface area (Å²) in [6.07, 6.45) is 0. The summed E-state index contributed by atoms with van der Waals surface area (Å²) in [6, 6.07) is 15.4. The van der Waals surface area contributed by atoms with E-state index in [0.29, 0.717) is 5.02 Å². The molecule has 1 amide bonds. The first-order valence-corrected chi connectivity index (χ1v) is 9.94. The highest BCUT2D eigenvalue weighted by Gasteiger charge is 2.13. The van der Waals surface area contributed by atoms with Crippen molar-refractivity contribution < 1.29 is 4.79 Å². The summed E-state index contributed by atoms with van der Waals surface area (Å²) in [5, 5.41) is 8.07. The first-order valence-electron chi connectivity index (χ1n) is 7.96. The second-order valence-corrected chi connectivity index (χ2v) is 8.09. The van der Waals surface area contributed by atoms with Crippen LogP contribution in [0.4, 0.5) is 5.69 Å². The molecule has 3 aromatic rings. The summed E-state index contributed by atoms with van der Waals surface area (Å²) < 4.78 is 2.63. The molecule has 0 aliphatic rings. The number of hydrogen-bond donors (Lipinski definition) is 1. The maximum Gasteiger partial charge on any atom is 0.246 e. The van der Waals surface area contributed by atoms with Crippen molar-refractivity contribution in [3.05, 3.63) is 69.4 Å². The number of carbonyl (C=O) groups excluding carboxylic acids is 1. The van der Waals surface area contributed by atoms with Crippen LogP contribution in [-0.2, 0) is 11.3 Å². The number of carbonyl (C=O) groups is 1. The summed E-state index contributed by atoms with van der Waals surface area (Å²) in [5.74, 6) is -0.118. The van der Waals surface area contributed by atoms with Crippen LogP contribution < -0.4 is 5.32 Å². The Kier molecular flexibility index (Phi) is 6.06. The molecule has 0 saturated carbocycles. The molecule has 4 nitrogen and oxygen atoms in total. The minimum absolute atomic E-state index is 0.118. The van der Waals surface area contributed by atoms with Gasteiger partial charge >= 0.3 is 0 Å². The predicted molar refractivity (Wildman–Crippen MR) is 110 cm³/mol. The molecule has 0 bridgehead atoms. The zero-order valence-corrected chi connectivity index (χ0v) is 17.5. The molecule has 0 saturated heterocycles. The van der Waals surface area contributed by atoms with Gasteiger partial charge in [-0.05, 0) is 66.2 Å². The van der Waals surface area contributed by atoms with Gasteiger partial charge in [-0.1, -0.05) is 35.5 Å². The van der Waals surface area contributed by atoms with E-state index in [0.717, 1.165) is 31.3 Å². The molecule has 2 aromatic carbocycles. The van der Waals surface area contributed by atoms with Crippen LogP contribution in [0.3, 0.4) is 0 Å². The molecule has 134 valence electrons. The third-order valence-corrected chi connectivity index (χ3v) is 6.27. The largest absolute Gasteiger partial charge is 0.323 e. The van der Waals surface area contributed by atoms with E-state index in [2.05, 4.69) is 26.3 Å². The van der Waals surface area contributed by atoms with Crippen LogP contribution in [0.5, 0.6) is 0 Å². The molecule has 3 rings (SSSR count). The van der Waals surface area contributed by atoms with Crippen molar-refractivity contribution in [1.29, 1.82) is 0 Å². The van der Waals surface area contributed by atoms with Crippen LogP contribution in [0.1, 0.15) is 11.4 Å². The van der Waals surface area contributed by atoms with E-state index in [-0.39, 0.29) is 12.5 Å². The Hall–Kier alpha value is -1.76. The van der Waals surface area contributed by atoms with Crippen LogP contribution in [0.2, 0.25) is 5.02 Å². The van der Waals surface area contributed by atoms with Crippen molar-refractivity contribution in [2.75, 3.05) is 5.32 Å². The van der Waals surface area contributed by atoms with Gasteiger partial charge in [0, 0.05) is 14.8 Å². The van der Waals surface area contributed by atoms with Crippen molar-refractivity contribution in [1.82, 2.24) is 9.78 Å². The summed E-state index contributed by atoms with van der Waals surface area (Å²) in [6.45, 7) is 4.00. The number of amides is 1. The van der Waals surface area contributed by atoms with Crippen LogP contribution in [0, 0.1) is 13.8 Å². The maximum absolute atomic E-state index is 12.5. The predicted octanol–water partition coefficient (Wildman–Crippen LogP) is 5.71. The number of aryl methyl sites for hydroxylation is 1. The zero-order chi connectivity index (χ0) is 18.7. The molecular weight excluding hydrogens is 434 g/mol. The zero-order valence-electron chi connectivity index (χ0n) is 14.3. The molecule has 0 unspecified atom stereocenters. The van der Waals surface area contributed by atoms with Crippen molar-refractivity contribution >= 4 is 50.9 Å². The lowest BCUT2D eigenvalue weighted by molar-refractivity contribution is -0.116. The van der Waals surface area contributed by atoms with Gasteiger partial charge in [0.15, 0.2) is 0 Å². The van der Waals surface area contributed by atoms with Gasteiger partial charge in [0.2, 0.25) is 5.91 Å². The molecule has 0 radical (unpaired) electrons. The molecule has 0 fully saturated rings. The number of nitrogens with one attached hydrogen (secondary N) is 1. The lowest BCUT2D eigenvalue weighted by atomic mass is 10.3. The van der Waals surface area contributed by atoms with Gasteiger partial charge in [0.05, 0.1) is 21.5 Å². The van der Waals surface area contributed by atoms with Gasteiger partial charge in [0.1, 0.15) is 6.54 Å². The summed E-state index contributed by atoms with van der Waals surface area (Å²) in [5.41, 5.74) is 2.58. The molecule has 1 N–H and O–H groups in total. The molecule has 1 aromatic heterocycles. The van der Waals surface area contributed by atoms with Gasteiger partial charge in [-0.15, -0.1) is 0 Å². The molecule has 1 heterocycles. The van der Waals surface area contributed by atoms with Gasteiger partial charge in [-0.2, -0.15) is 5.10 Å². The Labute approximate surface area is 170 Å². The molecule has 0 aliphatic heterocycles. The van der Waals surface area contributed by atoms with Crippen LogP contribution >= 0.6 is 39.3 Å². The SMILES string of the molecule is Cc1nn(CC(=O)Nc2ccccc2Sc2ccc(Cl)cc2)c(C)c1Br. The Morgan fingerprint density at radius 1 is 1.19 bits per heavy atom. The first kappa shape index (κ1) is 19.0. The van der Waals surface area contributed by atoms with Gasteiger partial charge in [0.25, 0.3) is 0 Å². The molecule has 0 aliphatic carbocycles. The molecule has 0 spiro atoms. The minimum atomic E-state index is -0.118. The highest BCUT2D eigenvalue weighted by Crippen LogP contribution is 2.34. The standard InChI is InChI=1S/C19H17BrClN3OS/c1-12-19(20)13(2)24(23-12)11-18(25)22-16-5-3-4-6-17(16)26-15-9-7-14(21)8-10-15/h3-10H,11H2,1-2H3,(H,22,25). The molecule has 26 heavy (non-hydrogen) atoms. The fourth-order valence-electron chi connectivity index (χ4n) is 2.44. The summed E-state index contributed by atoms with van der Waals surface area (Å²) >= 11 is 11.0. The van der Waals surface area contributed by atoms with Gasteiger partial charge in [-0.3, -0.25) is 9.48 Å². The maximum atomic E-state index is 12.5. The molecular formula is C19H17BrClN3OS. The van der Waals surface area contributed by atoms with Crippen LogP contribution in [0.15, 0.2) is 62.8 Å². The minimum Gasteiger partial charge on any atom is -0.323 e. The average molecular weight is 451 g/mol. The third-order valence-electron chi connectivity index (χ3n) is 3.79. The Bertz CT molecular complexity index is 940. The first-order chi connectivity index (χ1) is 12.4. The summed E-state index contributed by atoms with van der Waals surface area (Å²) in [4.78, 5) is 14.5. The number of halogens is 2. The molecule has 0 atom stereocenters. The number of anilines is 1. The van der Waals surface area contributed by atoms with E-state index in [1.54, 1.807) is 16.4 Å². The lowest BCUT2D eigenvalue weighted by Gasteiger charge is -2.11. The second-order valence-electron chi connectivity index (χ2n) is 5.74. The fraction of sp³-hybridized carbons (Fsp3) is 0.158. The number of nitrogens with zero attached hydrogens (tertiary/aromatic N) is 2. The number of para-hydroxylation sites is 1. The van der Waals surface area contributed by atoms with Crippen molar-refractivity contribution in [3.8, 4) is 0 Å². The summed E-state index contributed by atoms with van der Waals surface area (Å²) in [7, 11) is 0. The van der Waals surface area contributed by atoms with E-state index in [1.807, 2.05) is 62.4 Å². The van der Waals surface area contributed by atoms with E-state index >= 15 is 0 Å². The van der Waals surface area contributed by atoms with E-state index in [9.17, 15) is 4.79 Å². The highest BCUT2D eigenvalue weighted by atomic mass is 79.9. The lowest BCUT2D eigenvalue weighted by Crippen LogP contribution is -2.20. The number of hydrogen-bond acceptors (Lipinski definition) is 3. The average Bonchev–Trinajstić information content (AvgIpc) is 2.85. The Morgan fingerprint density at radius 2 is 1.88 bits per heavy atom. The van der Waals surface area contributed by atoms with E-state index in [4.69, 9.17) is 11.6 Å². The quantitative estimate of drug-likeness (QED) is 0.542. The smallest absolute Gasteiger partial charge is 0.246 e. The fourth-order valence-corrected chi connectivity index (χ4v) is 3.75. The monoisotopic (exact) mass is 449 g/mol. The normalized spacial score (nSPS) is 10.8. The van der Waals surface area contributed by atoms with Crippen molar-refractivity contribution in [2.24, 2.45) is 0 Å². The molecule has 7 heteroatoms. The number of benzene rings is 2. The second kappa shape index (κ2) is 8.29. The van der Waals surface area contributed by atoms with Crippen molar-refractivity contribution in [2.45, 2.75) is 30.2 Å². The van der Waals surface area contributed by atoms with E-state index in [1.165, 1.54) is 0 Å². The highest BCUT2D eigenvalue weighted by molar-refractivity contribution is 9.10. The van der Waals surface area contributed by atoms with Crippen LogP contribution in [0.25, 0.3) is 0 Å².